The fraction of sp³-hybridized carbons (Fsp3) is 0.714. The minimum absolute atomic E-state index is 0.0198. The van der Waals surface area contributed by atoms with E-state index in [1.807, 2.05) is 0 Å². The fourth-order valence-corrected chi connectivity index (χ4v) is 1.34. The summed E-state index contributed by atoms with van der Waals surface area (Å²) in [6.07, 6.45) is 1.48. The van der Waals surface area contributed by atoms with Gasteiger partial charge in [0.2, 0.25) is 0 Å². The molecule has 0 saturated carbocycles. The van der Waals surface area contributed by atoms with E-state index in [0.717, 1.165) is 6.21 Å². The molecule has 0 bridgehead atoms. The van der Waals surface area contributed by atoms with Gasteiger partial charge in [-0.05, 0) is 5.53 Å². The minimum Gasteiger partial charge on any atom is -0.315 e. The maximum atomic E-state index is 11.5. The van der Waals surface area contributed by atoms with E-state index in [2.05, 4.69) is 15.3 Å². The largest absolute Gasteiger partial charge is 0.315 e. The summed E-state index contributed by atoms with van der Waals surface area (Å²) >= 11 is 0. The predicted molar refractivity (Wildman–Crippen MR) is 47.7 cm³/mol. The van der Waals surface area contributed by atoms with Crippen molar-refractivity contribution in [1.82, 2.24) is 5.32 Å². The third-order valence-corrected chi connectivity index (χ3v) is 2.22. The van der Waals surface area contributed by atoms with Crippen LogP contribution in [0.25, 0.3) is 10.4 Å². The van der Waals surface area contributed by atoms with Crippen LogP contribution in [0.1, 0.15) is 6.42 Å². The van der Waals surface area contributed by atoms with Crippen LogP contribution in [0, 0.1) is 10.8 Å². The summed E-state index contributed by atoms with van der Waals surface area (Å²) in [4.78, 5) is 14.1. The molecule has 1 fully saturated rings. The molecule has 1 rings (SSSR count). The Bertz CT molecular complexity index is 270. The molecule has 2 N–H and O–H groups in total. The van der Waals surface area contributed by atoms with E-state index >= 15 is 0 Å². The first kappa shape index (κ1) is 9.70. The fourth-order valence-electron chi connectivity index (χ4n) is 1.34. The topological polar surface area (TPSA) is 102 Å². The molecule has 1 atom stereocenters. The van der Waals surface area contributed by atoms with Gasteiger partial charge < -0.3 is 10.7 Å². The summed E-state index contributed by atoms with van der Waals surface area (Å²) in [6, 6.07) is 0. The van der Waals surface area contributed by atoms with E-state index in [1.165, 1.54) is 0 Å². The summed E-state index contributed by atoms with van der Waals surface area (Å²) in [5, 5.41) is 13.6. The molecule has 0 aromatic rings. The van der Waals surface area contributed by atoms with Crippen LogP contribution < -0.4 is 5.32 Å². The number of carbonyl (C=O) groups is 1. The predicted octanol–water partition coefficient (Wildman–Crippen LogP) is 0.495. The zero-order chi connectivity index (χ0) is 9.73. The van der Waals surface area contributed by atoms with Gasteiger partial charge in [0.25, 0.3) is 0 Å². The lowest BCUT2D eigenvalue weighted by molar-refractivity contribution is -0.125. The third kappa shape index (κ3) is 1.85. The highest BCUT2D eigenvalue weighted by molar-refractivity contribution is 6.00. The van der Waals surface area contributed by atoms with Crippen LogP contribution in [0.4, 0.5) is 0 Å². The zero-order valence-electron chi connectivity index (χ0n) is 7.16. The number of ketones is 1. The van der Waals surface area contributed by atoms with Crippen LogP contribution in [0.2, 0.25) is 0 Å². The molecular weight excluding hydrogens is 170 g/mol. The van der Waals surface area contributed by atoms with Crippen LogP contribution in [0.15, 0.2) is 5.11 Å². The van der Waals surface area contributed by atoms with Gasteiger partial charge in [-0.25, -0.2) is 0 Å². The second-order valence-electron chi connectivity index (χ2n) is 3.04. The van der Waals surface area contributed by atoms with Gasteiger partial charge >= 0.3 is 0 Å². The Labute approximate surface area is 75.5 Å². The first-order valence-electron chi connectivity index (χ1n) is 4.02. The normalized spacial score (nSPS) is 27.8. The SMILES string of the molecule is [N-]=[N+]=NCC1(C=N)CNCCC1=O. The highest BCUT2D eigenvalue weighted by Crippen LogP contribution is 2.20. The molecule has 1 heterocycles. The van der Waals surface area contributed by atoms with Crippen molar-refractivity contribution in [2.75, 3.05) is 19.6 Å². The lowest BCUT2D eigenvalue weighted by Gasteiger charge is -2.30. The molecule has 1 aliphatic rings. The van der Waals surface area contributed by atoms with E-state index in [1.54, 1.807) is 0 Å². The molecule has 0 amide bonds. The molecule has 1 aliphatic heterocycles. The third-order valence-electron chi connectivity index (χ3n) is 2.22. The highest BCUT2D eigenvalue weighted by atomic mass is 16.1. The second kappa shape index (κ2) is 4.02. The summed E-state index contributed by atoms with van der Waals surface area (Å²) in [6.45, 7) is 1.08. The summed E-state index contributed by atoms with van der Waals surface area (Å²) < 4.78 is 0. The van der Waals surface area contributed by atoms with Crippen molar-refractivity contribution < 1.29 is 4.79 Å². The number of nitrogens with zero attached hydrogens (tertiary/aromatic N) is 3. The van der Waals surface area contributed by atoms with Gasteiger partial charge in [-0.1, -0.05) is 5.11 Å². The van der Waals surface area contributed by atoms with Crippen LogP contribution in [-0.4, -0.2) is 31.6 Å². The van der Waals surface area contributed by atoms with Crippen LogP contribution >= 0.6 is 0 Å². The van der Waals surface area contributed by atoms with E-state index in [0.29, 0.717) is 19.5 Å². The van der Waals surface area contributed by atoms with Crippen molar-refractivity contribution in [3.63, 3.8) is 0 Å². The Balaban J connectivity index is 2.81. The van der Waals surface area contributed by atoms with E-state index < -0.39 is 5.41 Å². The molecule has 0 aliphatic carbocycles. The lowest BCUT2D eigenvalue weighted by atomic mass is 9.81. The van der Waals surface area contributed by atoms with Gasteiger partial charge in [0.1, 0.15) is 5.78 Å². The van der Waals surface area contributed by atoms with Crippen molar-refractivity contribution >= 4 is 12.0 Å². The Morgan fingerprint density at radius 1 is 1.85 bits per heavy atom. The van der Waals surface area contributed by atoms with E-state index in [-0.39, 0.29) is 12.3 Å². The van der Waals surface area contributed by atoms with Crippen LogP contribution in [0.5, 0.6) is 0 Å². The molecule has 1 saturated heterocycles. The number of piperidine rings is 1. The van der Waals surface area contributed by atoms with Gasteiger partial charge in [-0.15, -0.1) is 0 Å². The number of nitrogens with one attached hydrogen (secondary N) is 2. The number of carbonyl (C=O) groups excluding carboxylic acids is 1. The maximum absolute atomic E-state index is 11.5. The number of azide groups is 1. The molecule has 1 unspecified atom stereocenters. The van der Waals surface area contributed by atoms with Crippen molar-refractivity contribution in [2.45, 2.75) is 6.42 Å². The lowest BCUT2D eigenvalue weighted by Crippen LogP contribution is -2.50. The van der Waals surface area contributed by atoms with Gasteiger partial charge in [-0.2, -0.15) is 0 Å². The number of rotatable bonds is 3. The van der Waals surface area contributed by atoms with Crippen molar-refractivity contribution in [3.05, 3.63) is 10.4 Å². The van der Waals surface area contributed by atoms with Crippen molar-refractivity contribution in [1.29, 1.82) is 5.41 Å². The second-order valence-corrected chi connectivity index (χ2v) is 3.04. The Kier molecular flexibility index (Phi) is 3.00. The molecule has 6 nitrogen and oxygen atoms in total. The Morgan fingerprint density at radius 3 is 3.15 bits per heavy atom. The van der Waals surface area contributed by atoms with Crippen LogP contribution in [-0.2, 0) is 4.79 Å². The maximum Gasteiger partial charge on any atom is 0.147 e. The molecule has 0 spiro atoms. The molecule has 70 valence electrons. The average molecular weight is 181 g/mol. The quantitative estimate of drug-likeness (QED) is 0.286. The van der Waals surface area contributed by atoms with Gasteiger partial charge in [0.15, 0.2) is 0 Å². The van der Waals surface area contributed by atoms with Crippen LogP contribution in [0.3, 0.4) is 0 Å². The standard InChI is InChI=1S/C7H11N5O/c8-3-7(5-11-12-9)4-10-2-1-6(7)13/h3,8,10H,1-2,4-5H2. The first-order valence-corrected chi connectivity index (χ1v) is 4.02. The number of Topliss-reactive ketones (excluding diaryl/α,β-unsaturated/α-hetero) is 1. The molecule has 0 aromatic carbocycles. The molecule has 13 heavy (non-hydrogen) atoms. The van der Waals surface area contributed by atoms with Crippen molar-refractivity contribution in [3.8, 4) is 0 Å². The van der Waals surface area contributed by atoms with E-state index in [4.69, 9.17) is 10.9 Å². The van der Waals surface area contributed by atoms with E-state index in [9.17, 15) is 4.79 Å². The van der Waals surface area contributed by atoms with Crippen molar-refractivity contribution in [2.24, 2.45) is 10.5 Å². The monoisotopic (exact) mass is 181 g/mol. The average Bonchev–Trinajstić information content (AvgIpc) is 2.17. The molecule has 6 heteroatoms. The molecular formula is C7H11N5O. The smallest absolute Gasteiger partial charge is 0.147 e. The first-order chi connectivity index (χ1) is 6.25. The summed E-state index contributed by atoms with van der Waals surface area (Å²) in [5.74, 6) is -0.0198. The zero-order valence-corrected chi connectivity index (χ0v) is 7.16. The Morgan fingerprint density at radius 2 is 2.62 bits per heavy atom. The minimum atomic E-state index is -0.898. The summed E-state index contributed by atoms with van der Waals surface area (Å²) in [5.41, 5.74) is 7.25. The highest BCUT2D eigenvalue weighted by Gasteiger charge is 2.37. The number of hydrogen-bond acceptors (Lipinski definition) is 4. The number of hydrogen-bond donors (Lipinski definition) is 2. The Hall–Kier alpha value is -1.39. The van der Waals surface area contributed by atoms with Gasteiger partial charge in [0.05, 0.1) is 5.41 Å². The van der Waals surface area contributed by atoms with Gasteiger partial charge in [0, 0.05) is 37.2 Å². The molecule has 0 radical (unpaired) electrons. The van der Waals surface area contributed by atoms with Gasteiger partial charge in [-0.3, -0.25) is 4.79 Å². The summed E-state index contributed by atoms with van der Waals surface area (Å²) in [7, 11) is 0. The molecule has 0 aromatic heterocycles.